The fourth-order valence-electron chi connectivity index (χ4n) is 9.10. The summed E-state index contributed by atoms with van der Waals surface area (Å²) < 4.78 is 5.88. The zero-order valence-electron chi connectivity index (χ0n) is 44.4. The lowest BCUT2D eigenvalue weighted by Gasteiger charge is -2.31. The summed E-state index contributed by atoms with van der Waals surface area (Å²) in [7, 11) is 0. The van der Waals surface area contributed by atoms with Crippen LogP contribution in [-0.2, 0) is 43.1 Å². The molecule has 0 aromatic carbocycles. The van der Waals surface area contributed by atoms with Crippen LogP contribution in [0.3, 0.4) is 0 Å². The molecule has 0 bridgehead atoms. The molecule has 2 fully saturated rings. The molecule has 2 heterocycles. The summed E-state index contributed by atoms with van der Waals surface area (Å²) in [5.74, 6) is -7.05. The number of unbranched alkanes of at least 4 members (excludes halogenated alkanes) is 14. The number of ether oxygens (including phenoxy) is 1. The molecule has 2 rings (SSSR count). The van der Waals surface area contributed by atoms with Gasteiger partial charge in [-0.2, -0.15) is 0 Å². The van der Waals surface area contributed by atoms with Crippen molar-refractivity contribution in [2.75, 3.05) is 6.54 Å². The van der Waals surface area contributed by atoms with Gasteiger partial charge in [0.2, 0.25) is 41.4 Å². The van der Waals surface area contributed by atoms with Gasteiger partial charge in [-0.1, -0.05) is 138 Å². The number of carbonyl (C=O) groups is 8. The smallest absolute Gasteiger partial charge is 0.331 e. The molecule has 2 aliphatic heterocycles. The van der Waals surface area contributed by atoms with Gasteiger partial charge in [-0.3, -0.25) is 33.6 Å². The van der Waals surface area contributed by atoms with Gasteiger partial charge in [0.05, 0.1) is 18.6 Å². The van der Waals surface area contributed by atoms with E-state index >= 15 is 0 Å². The first-order chi connectivity index (χ1) is 33.1. The van der Waals surface area contributed by atoms with Crippen LogP contribution in [-0.4, -0.2) is 130 Å². The van der Waals surface area contributed by atoms with Gasteiger partial charge in [-0.05, 0) is 70.6 Å². The van der Waals surface area contributed by atoms with Crippen molar-refractivity contribution >= 4 is 47.3 Å². The SMILES string of the molecule is CCCCCCCCCCCCCCCCCC1CC(=O)N[C@@H]([C@@H](C)O)C(=O)N[C@@H](C(C)C)C(=O)N[C@@H](C)C(=O)N2CCC[C@H]2C(=O)NC(CC(C)C)C(=O)NC(C(C)C)C(=O)NC(C(C)O)C(=O)O1. The third-order valence-electron chi connectivity index (χ3n) is 13.3. The van der Waals surface area contributed by atoms with Crippen LogP contribution in [0, 0.1) is 17.8 Å². The monoisotopic (exact) mass is 992 g/mol. The summed E-state index contributed by atoms with van der Waals surface area (Å²) in [5.41, 5.74) is 0. The Morgan fingerprint density at radius 3 is 1.50 bits per heavy atom. The molecule has 0 spiro atoms. The van der Waals surface area contributed by atoms with Gasteiger partial charge in [-0.25, -0.2) is 4.79 Å². The molecular formula is C52H93N7O11. The van der Waals surface area contributed by atoms with Crippen molar-refractivity contribution in [1.82, 2.24) is 36.8 Å². The number of hydrogen-bond donors (Lipinski definition) is 8. The lowest BCUT2D eigenvalue weighted by Crippen LogP contribution is -2.61. The molecule has 7 amide bonds. The van der Waals surface area contributed by atoms with Crippen molar-refractivity contribution in [3.05, 3.63) is 0 Å². The molecule has 2 aliphatic rings. The van der Waals surface area contributed by atoms with Crippen LogP contribution in [0.4, 0.5) is 0 Å². The fourth-order valence-corrected chi connectivity index (χ4v) is 9.10. The molecule has 2 saturated heterocycles. The van der Waals surface area contributed by atoms with Crippen LogP contribution >= 0.6 is 0 Å². The maximum atomic E-state index is 14.0. The Hall–Kier alpha value is -4.32. The Kier molecular flexibility index (Phi) is 28.8. The second kappa shape index (κ2) is 32.6. The van der Waals surface area contributed by atoms with Crippen molar-refractivity contribution < 1.29 is 53.3 Å². The number of nitrogens with zero attached hydrogens (tertiary/aromatic N) is 1. The predicted octanol–water partition coefficient (Wildman–Crippen LogP) is 4.60. The van der Waals surface area contributed by atoms with E-state index in [2.05, 4.69) is 38.8 Å². The summed E-state index contributed by atoms with van der Waals surface area (Å²) >= 11 is 0. The number of aliphatic hydroxyl groups excluding tert-OH is 2. The molecule has 10 atom stereocenters. The van der Waals surface area contributed by atoms with Gasteiger partial charge in [0, 0.05) is 6.54 Å². The number of fused-ring (bicyclic) bond motifs is 1. The summed E-state index contributed by atoms with van der Waals surface area (Å²) in [4.78, 5) is 112. The highest BCUT2D eigenvalue weighted by atomic mass is 16.5. The minimum absolute atomic E-state index is 0.0842. The van der Waals surface area contributed by atoms with Gasteiger partial charge < -0.3 is 51.8 Å². The van der Waals surface area contributed by atoms with Crippen LogP contribution in [0.25, 0.3) is 0 Å². The molecular weight excluding hydrogens is 899 g/mol. The molecule has 70 heavy (non-hydrogen) atoms. The van der Waals surface area contributed by atoms with Crippen LogP contribution < -0.4 is 31.9 Å². The van der Waals surface area contributed by atoms with E-state index < -0.39 is 126 Å². The topological polar surface area (TPSA) is 262 Å². The Morgan fingerprint density at radius 2 is 1.01 bits per heavy atom. The molecule has 8 N–H and O–H groups in total. The van der Waals surface area contributed by atoms with E-state index in [1.807, 2.05) is 13.8 Å². The number of carbonyl (C=O) groups excluding carboxylic acids is 8. The maximum absolute atomic E-state index is 14.0. The Labute approximate surface area is 418 Å². The number of aliphatic hydroxyl groups is 2. The quantitative estimate of drug-likeness (QED) is 0.0549. The van der Waals surface area contributed by atoms with Gasteiger partial charge in [0.1, 0.15) is 42.4 Å². The van der Waals surface area contributed by atoms with E-state index in [1.165, 1.54) is 83.5 Å². The molecule has 18 heteroatoms. The van der Waals surface area contributed by atoms with E-state index in [4.69, 9.17) is 4.74 Å². The predicted molar refractivity (Wildman–Crippen MR) is 269 cm³/mol. The number of hydrogen-bond acceptors (Lipinski definition) is 11. The highest BCUT2D eigenvalue weighted by Gasteiger charge is 2.41. The first kappa shape index (κ1) is 61.8. The standard InChI is InChI=1S/C52H93N7O11/c1-11-12-13-14-15-16-17-18-19-20-21-22-23-24-25-27-38-31-41(62)55-44(36(9)60)50(67)57-42(33(4)5)48(65)53-35(8)51(68)59-29-26-28-40(59)47(64)54-39(30-32(2)3)46(63)56-43(34(6)7)49(66)58-45(37(10)61)52(69)70-38/h32-40,42-45,60-61H,11-31H2,1-10H3,(H,53,65)(H,54,64)(H,55,62)(H,56,63)(H,57,67)(H,58,66)/t35-,36+,37?,38?,39?,40-,42-,43?,44-,45?/m0/s1. The average Bonchev–Trinajstić information content (AvgIpc) is 3.78. The molecule has 0 saturated carbocycles. The number of cyclic esters (lactones) is 1. The first-order valence-electron chi connectivity index (χ1n) is 26.8. The Morgan fingerprint density at radius 1 is 0.557 bits per heavy atom. The van der Waals surface area contributed by atoms with E-state index in [0.29, 0.717) is 19.3 Å². The molecule has 18 nitrogen and oxygen atoms in total. The van der Waals surface area contributed by atoms with Gasteiger partial charge in [0.25, 0.3) is 0 Å². The zero-order chi connectivity index (χ0) is 52.5. The summed E-state index contributed by atoms with van der Waals surface area (Å²) in [5, 5.41) is 37.5. The lowest BCUT2D eigenvalue weighted by atomic mass is 9.99. The fraction of sp³-hybridized carbons (Fsp3) is 0.846. The van der Waals surface area contributed by atoms with E-state index in [0.717, 1.165) is 32.1 Å². The van der Waals surface area contributed by atoms with Crippen molar-refractivity contribution in [2.24, 2.45) is 17.8 Å². The molecule has 5 unspecified atom stereocenters. The van der Waals surface area contributed by atoms with Gasteiger partial charge in [-0.15, -0.1) is 0 Å². The van der Waals surface area contributed by atoms with Crippen molar-refractivity contribution in [1.29, 1.82) is 0 Å². The van der Waals surface area contributed by atoms with Crippen LogP contribution in [0.2, 0.25) is 0 Å². The van der Waals surface area contributed by atoms with E-state index in [1.54, 1.807) is 27.7 Å². The molecule has 402 valence electrons. The van der Waals surface area contributed by atoms with Crippen LogP contribution in [0.5, 0.6) is 0 Å². The Balaban J connectivity index is 2.41. The third-order valence-corrected chi connectivity index (χ3v) is 13.3. The van der Waals surface area contributed by atoms with Crippen molar-refractivity contribution in [2.45, 2.75) is 258 Å². The summed E-state index contributed by atoms with van der Waals surface area (Å²) in [6.45, 7) is 17.0. The zero-order valence-corrected chi connectivity index (χ0v) is 44.4. The second-order valence-electron chi connectivity index (χ2n) is 21.1. The first-order valence-corrected chi connectivity index (χ1v) is 26.8. The summed E-state index contributed by atoms with van der Waals surface area (Å²) in [6.07, 6.45) is 14.0. The van der Waals surface area contributed by atoms with Crippen LogP contribution in [0.1, 0.15) is 198 Å². The lowest BCUT2D eigenvalue weighted by molar-refractivity contribution is -0.158. The van der Waals surface area contributed by atoms with Gasteiger partial charge in [0.15, 0.2) is 6.04 Å². The van der Waals surface area contributed by atoms with E-state index in [9.17, 15) is 48.6 Å². The highest BCUT2D eigenvalue weighted by Crippen LogP contribution is 2.21. The average molecular weight is 992 g/mol. The van der Waals surface area contributed by atoms with Crippen LogP contribution in [0.15, 0.2) is 0 Å². The third kappa shape index (κ3) is 22.0. The minimum atomic E-state index is -1.61. The number of rotatable bonds is 22. The molecule has 0 aliphatic carbocycles. The van der Waals surface area contributed by atoms with Gasteiger partial charge >= 0.3 is 5.97 Å². The largest absolute Gasteiger partial charge is 0.460 e. The number of esters is 1. The minimum Gasteiger partial charge on any atom is -0.460 e. The van der Waals surface area contributed by atoms with Crippen molar-refractivity contribution in [3.63, 3.8) is 0 Å². The second-order valence-corrected chi connectivity index (χ2v) is 21.1. The van der Waals surface area contributed by atoms with Crippen molar-refractivity contribution in [3.8, 4) is 0 Å². The molecule has 0 aromatic rings. The summed E-state index contributed by atoms with van der Waals surface area (Å²) in [6, 6.07) is -8.79. The number of nitrogens with one attached hydrogen (secondary N) is 6. The number of amides is 7. The highest BCUT2D eigenvalue weighted by molar-refractivity contribution is 5.98. The normalized spacial score (nSPS) is 26.3. The molecule has 0 radical (unpaired) electrons. The maximum Gasteiger partial charge on any atom is 0.331 e. The Bertz CT molecular complexity index is 1660. The van der Waals surface area contributed by atoms with E-state index in [-0.39, 0.29) is 25.3 Å². The molecule has 0 aromatic heterocycles.